The minimum Gasteiger partial charge on any atom is -0.489 e. The van der Waals surface area contributed by atoms with Gasteiger partial charge in [-0.15, -0.1) is 0 Å². The summed E-state index contributed by atoms with van der Waals surface area (Å²) in [6.45, 7) is 2.44. The van der Waals surface area contributed by atoms with E-state index in [4.69, 9.17) is 18.9 Å². The number of fused-ring (bicyclic) bond motifs is 1. The lowest BCUT2D eigenvalue weighted by Gasteiger charge is -2.17. The predicted molar refractivity (Wildman–Crippen MR) is 104 cm³/mol. The molecule has 4 rings (SSSR count). The van der Waals surface area contributed by atoms with Crippen LogP contribution in [0.1, 0.15) is 48.5 Å². The van der Waals surface area contributed by atoms with Gasteiger partial charge in [-0.25, -0.2) is 4.79 Å². The Labute approximate surface area is 164 Å². The van der Waals surface area contributed by atoms with Crippen LogP contribution in [-0.4, -0.2) is 30.8 Å². The molecule has 1 aliphatic carbocycles. The standard InChI is InChI=1S/C21H23BO6/c1-2-25-21(23)18-9-7-17(12-20(18)28-15-5-3-4-6-15)27-16-8-10-19-14(11-16)13-26-22(19)24/h7-12,15,24H,2-6,13H2,1H3. The van der Waals surface area contributed by atoms with Gasteiger partial charge in [0.1, 0.15) is 22.8 Å². The maximum Gasteiger partial charge on any atom is 0.491 e. The molecule has 0 atom stereocenters. The molecule has 2 aliphatic rings. The summed E-state index contributed by atoms with van der Waals surface area (Å²) in [5.74, 6) is 1.29. The number of benzene rings is 2. The second-order valence-electron chi connectivity index (χ2n) is 7.03. The Morgan fingerprint density at radius 3 is 2.71 bits per heavy atom. The third-order valence-electron chi connectivity index (χ3n) is 5.06. The van der Waals surface area contributed by atoms with E-state index < -0.39 is 13.1 Å². The Kier molecular flexibility index (Phi) is 5.55. The molecule has 6 nitrogen and oxygen atoms in total. The van der Waals surface area contributed by atoms with Crippen LogP contribution < -0.4 is 14.9 Å². The molecule has 0 spiro atoms. The highest BCUT2D eigenvalue weighted by atomic mass is 16.5. The number of esters is 1. The molecule has 7 heteroatoms. The fourth-order valence-electron chi connectivity index (χ4n) is 3.63. The summed E-state index contributed by atoms with van der Waals surface area (Å²) in [4.78, 5) is 12.3. The van der Waals surface area contributed by atoms with Crippen molar-refractivity contribution in [3.63, 3.8) is 0 Å². The number of rotatable bonds is 6. The van der Waals surface area contributed by atoms with Gasteiger partial charge in [0.15, 0.2) is 0 Å². The number of carbonyl (C=O) groups is 1. The molecular weight excluding hydrogens is 359 g/mol. The third-order valence-corrected chi connectivity index (χ3v) is 5.06. The van der Waals surface area contributed by atoms with E-state index in [1.807, 2.05) is 6.07 Å². The quantitative estimate of drug-likeness (QED) is 0.611. The first-order valence-electron chi connectivity index (χ1n) is 9.72. The third kappa shape index (κ3) is 4.00. The van der Waals surface area contributed by atoms with Crippen LogP contribution in [0.4, 0.5) is 0 Å². The predicted octanol–water partition coefficient (Wildman–Crippen LogP) is 3.19. The first-order valence-corrected chi connectivity index (χ1v) is 9.72. The van der Waals surface area contributed by atoms with E-state index in [2.05, 4.69) is 0 Å². The Bertz CT molecular complexity index is 862. The van der Waals surface area contributed by atoms with Crippen molar-refractivity contribution in [2.45, 2.75) is 45.3 Å². The van der Waals surface area contributed by atoms with E-state index in [0.29, 0.717) is 36.0 Å². The molecule has 0 aromatic heterocycles. The molecule has 0 saturated heterocycles. The maximum atomic E-state index is 12.3. The molecule has 0 radical (unpaired) electrons. The second-order valence-corrected chi connectivity index (χ2v) is 7.03. The first kappa shape index (κ1) is 18.8. The molecule has 1 heterocycles. The summed E-state index contributed by atoms with van der Waals surface area (Å²) in [5.41, 5.74) is 2.07. The normalized spacial score (nSPS) is 16.1. The van der Waals surface area contributed by atoms with Crippen LogP contribution in [0, 0.1) is 0 Å². The SMILES string of the molecule is CCOC(=O)c1ccc(Oc2ccc3c(c2)COB3O)cc1OC1CCCC1. The van der Waals surface area contributed by atoms with Crippen LogP contribution in [0.3, 0.4) is 0 Å². The van der Waals surface area contributed by atoms with E-state index in [-0.39, 0.29) is 6.10 Å². The van der Waals surface area contributed by atoms with Gasteiger partial charge in [-0.1, -0.05) is 6.07 Å². The highest BCUT2D eigenvalue weighted by Gasteiger charge is 2.27. The summed E-state index contributed by atoms with van der Waals surface area (Å²) in [5, 5.41) is 9.74. The fraction of sp³-hybridized carbons (Fsp3) is 0.381. The van der Waals surface area contributed by atoms with Crippen molar-refractivity contribution in [2.24, 2.45) is 0 Å². The van der Waals surface area contributed by atoms with Gasteiger partial charge in [-0.3, -0.25) is 0 Å². The van der Waals surface area contributed by atoms with Crippen molar-refractivity contribution in [1.82, 2.24) is 0 Å². The Morgan fingerprint density at radius 1 is 1.18 bits per heavy atom. The average molecular weight is 382 g/mol. The lowest BCUT2D eigenvalue weighted by atomic mass is 9.80. The number of carbonyl (C=O) groups excluding carboxylic acids is 1. The minimum absolute atomic E-state index is 0.113. The Balaban J connectivity index is 1.57. The molecule has 1 fully saturated rings. The Hall–Kier alpha value is -2.51. The highest BCUT2D eigenvalue weighted by Crippen LogP contribution is 2.32. The number of hydrogen-bond donors (Lipinski definition) is 1. The van der Waals surface area contributed by atoms with Crippen LogP contribution in [0.25, 0.3) is 0 Å². The van der Waals surface area contributed by atoms with Gasteiger partial charge < -0.3 is 23.9 Å². The summed E-state index contributed by atoms with van der Waals surface area (Å²) in [7, 11) is -0.876. The molecular formula is C21H23BO6. The van der Waals surface area contributed by atoms with Crippen molar-refractivity contribution in [1.29, 1.82) is 0 Å². The molecule has 0 amide bonds. The largest absolute Gasteiger partial charge is 0.491 e. The molecule has 1 N–H and O–H groups in total. The lowest BCUT2D eigenvalue weighted by molar-refractivity contribution is 0.0519. The summed E-state index contributed by atoms with van der Waals surface area (Å²) < 4.78 is 22.4. The molecule has 1 aliphatic heterocycles. The van der Waals surface area contributed by atoms with Crippen LogP contribution >= 0.6 is 0 Å². The maximum absolute atomic E-state index is 12.3. The van der Waals surface area contributed by atoms with Crippen LogP contribution in [0.15, 0.2) is 36.4 Å². The van der Waals surface area contributed by atoms with Gasteiger partial charge in [0.25, 0.3) is 0 Å². The summed E-state index contributed by atoms with van der Waals surface area (Å²) in [6.07, 6.45) is 4.36. The van der Waals surface area contributed by atoms with E-state index in [9.17, 15) is 9.82 Å². The first-order chi connectivity index (χ1) is 13.6. The Morgan fingerprint density at radius 2 is 1.93 bits per heavy atom. The molecule has 2 aromatic carbocycles. The van der Waals surface area contributed by atoms with Crippen LogP contribution in [0.5, 0.6) is 17.2 Å². The smallest absolute Gasteiger partial charge is 0.489 e. The van der Waals surface area contributed by atoms with Gasteiger partial charge in [0, 0.05) is 6.07 Å². The van der Waals surface area contributed by atoms with Gasteiger partial charge >= 0.3 is 13.1 Å². The van der Waals surface area contributed by atoms with Gasteiger partial charge in [0.2, 0.25) is 0 Å². The molecule has 146 valence electrons. The van der Waals surface area contributed by atoms with Crippen molar-refractivity contribution in [3.8, 4) is 17.2 Å². The van der Waals surface area contributed by atoms with Gasteiger partial charge in [-0.05, 0) is 67.9 Å². The number of ether oxygens (including phenoxy) is 3. The van der Waals surface area contributed by atoms with E-state index in [1.165, 1.54) is 0 Å². The van der Waals surface area contributed by atoms with Crippen LogP contribution in [-0.2, 0) is 16.0 Å². The zero-order chi connectivity index (χ0) is 19.5. The molecule has 2 aromatic rings. The van der Waals surface area contributed by atoms with Gasteiger partial charge in [0.05, 0.1) is 19.3 Å². The van der Waals surface area contributed by atoms with E-state index >= 15 is 0 Å². The van der Waals surface area contributed by atoms with Gasteiger partial charge in [-0.2, -0.15) is 0 Å². The highest BCUT2D eigenvalue weighted by molar-refractivity contribution is 6.61. The molecule has 28 heavy (non-hydrogen) atoms. The zero-order valence-corrected chi connectivity index (χ0v) is 15.8. The van der Waals surface area contributed by atoms with Crippen molar-refractivity contribution >= 4 is 18.6 Å². The number of hydrogen-bond acceptors (Lipinski definition) is 6. The average Bonchev–Trinajstić information content (AvgIpc) is 3.32. The molecule has 0 bridgehead atoms. The topological polar surface area (TPSA) is 74.2 Å². The van der Waals surface area contributed by atoms with E-state index in [1.54, 1.807) is 37.3 Å². The van der Waals surface area contributed by atoms with E-state index in [0.717, 1.165) is 36.7 Å². The molecule has 1 saturated carbocycles. The van der Waals surface area contributed by atoms with Crippen LogP contribution in [0.2, 0.25) is 0 Å². The lowest BCUT2D eigenvalue weighted by Crippen LogP contribution is -2.27. The summed E-state index contributed by atoms with van der Waals surface area (Å²) >= 11 is 0. The monoisotopic (exact) mass is 382 g/mol. The fourth-order valence-corrected chi connectivity index (χ4v) is 3.63. The van der Waals surface area contributed by atoms with Crippen molar-refractivity contribution in [3.05, 3.63) is 47.5 Å². The minimum atomic E-state index is -0.876. The second kappa shape index (κ2) is 8.25. The zero-order valence-electron chi connectivity index (χ0n) is 15.8. The summed E-state index contributed by atoms with van der Waals surface area (Å²) in [6, 6.07) is 10.6. The van der Waals surface area contributed by atoms with Crippen molar-refractivity contribution in [2.75, 3.05) is 6.61 Å². The molecule has 0 unspecified atom stereocenters. The van der Waals surface area contributed by atoms with Crippen molar-refractivity contribution < 1.29 is 28.7 Å².